The highest BCUT2D eigenvalue weighted by molar-refractivity contribution is 9.08. The number of ether oxygens (including phenoxy) is 2. The van der Waals surface area contributed by atoms with Crippen molar-refractivity contribution < 1.29 is 9.47 Å². The zero-order valence-electron chi connectivity index (χ0n) is 13.9. The fraction of sp³-hybridized carbons (Fsp3) is 0.368. The normalized spacial score (nSPS) is 10.9. The average molecular weight is 363 g/mol. The molecule has 0 aromatic heterocycles. The number of hydrogen-bond donors (Lipinski definition) is 0. The number of alkyl halides is 1. The van der Waals surface area contributed by atoms with Crippen LogP contribution in [0.3, 0.4) is 0 Å². The van der Waals surface area contributed by atoms with Gasteiger partial charge in [0.05, 0.1) is 7.11 Å². The van der Waals surface area contributed by atoms with E-state index in [1.54, 1.807) is 7.11 Å². The van der Waals surface area contributed by atoms with Crippen LogP contribution in [0.25, 0.3) is 0 Å². The first-order valence-corrected chi connectivity index (χ1v) is 8.60. The zero-order valence-corrected chi connectivity index (χ0v) is 15.5. The van der Waals surface area contributed by atoms with Crippen LogP contribution in [0.15, 0.2) is 30.3 Å². The van der Waals surface area contributed by atoms with E-state index in [0.29, 0.717) is 5.92 Å². The summed E-state index contributed by atoms with van der Waals surface area (Å²) in [5.74, 6) is 3.08. The van der Waals surface area contributed by atoms with Gasteiger partial charge in [-0.05, 0) is 54.7 Å². The van der Waals surface area contributed by atoms with Crippen molar-refractivity contribution >= 4 is 15.9 Å². The lowest BCUT2D eigenvalue weighted by atomic mass is 10.0. The second-order valence-corrected chi connectivity index (χ2v) is 6.41. The molecule has 0 spiro atoms. The van der Waals surface area contributed by atoms with Crippen molar-refractivity contribution in [2.75, 3.05) is 7.11 Å². The van der Waals surface area contributed by atoms with Crippen LogP contribution in [-0.2, 0) is 5.33 Å². The maximum atomic E-state index is 6.16. The minimum absolute atomic E-state index is 0.386. The summed E-state index contributed by atoms with van der Waals surface area (Å²) >= 11 is 3.50. The molecule has 0 unspecified atom stereocenters. The molecule has 2 aromatic carbocycles. The van der Waals surface area contributed by atoms with Gasteiger partial charge in [0.25, 0.3) is 0 Å². The molecule has 22 heavy (non-hydrogen) atoms. The molecule has 0 atom stereocenters. The fourth-order valence-corrected chi connectivity index (χ4v) is 2.95. The molecule has 0 saturated carbocycles. The number of aryl methyl sites for hydroxylation is 2. The van der Waals surface area contributed by atoms with E-state index < -0.39 is 0 Å². The third kappa shape index (κ3) is 3.64. The average Bonchev–Trinajstić information content (AvgIpc) is 2.50. The van der Waals surface area contributed by atoms with Gasteiger partial charge < -0.3 is 9.47 Å². The van der Waals surface area contributed by atoms with Gasteiger partial charge in [0.15, 0.2) is 0 Å². The van der Waals surface area contributed by atoms with Gasteiger partial charge in [0.1, 0.15) is 17.2 Å². The summed E-state index contributed by atoms with van der Waals surface area (Å²) in [4.78, 5) is 0. The van der Waals surface area contributed by atoms with Crippen LogP contribution in [0.4, 0.5) is 0 Å². The molecule has 0 N–H and O–H groups in total. The largest absolute Gasteiger partial charge is 0.496 e. The number of halogens is 1. The Balaban J connectivity index is 2.37. The molecule has 0 bridgehead atoms. The molecule has 0 radical (unpaired) electrons. The molecule has 2 nitrogen and oxygen atoms in total. The molecule has 0 heterocycles. The Labute approximate surface area is 141 Å². The maximum absolute atomic E-state index is 6.16. The SMILES string of the molecule is COc1ccc(Oc2c(C)cc(CBr)cc2C)cc1C(C)C. The summed E-state index contributed by atoms with van der Waals surface area (Å²) in [5.41, 5.74) is 4.72. The summed E-state index contributed by atoms with van der Waals surface area (Å²) in [6.45, 7) is 8.48. The van der Waals surface area contributed by atoms with Crippen LogP contribution in [0.1, 0.15) is 42.0 Å². The minimum atomic E-state index is 0.386. The third-order valence-electron chi connectivity index (χ3n) is 3.72. The Morgan fingerprint density at radius 2 is 1.68 bits per heavy atom. The highest BCUT2D eigenvalue weighted by Crippen LogP contribution is 2.35. The molecule has 0 amide bonds. The number of benzene rings is 2. The van der Waals surface area contributed by atoms with Crippen LogP contribution < -0.4 is 9.47 Å². The number of methoxy groups -OCH3 is 1. The predicted molar refractivity (Wildman–Crippen MR) is 95.7 cm³/mol. The first kappa shape index (κ1) is 16.9. The van der Waals surface area contributed by atoms with Gasteiger partial charge in [-0.3, -0.25) is 0 Å². The molecule has 0 aliphatic heterocycles. The quantitative estimate of drug-likeness (QED) is 0.596. The summed E-state index contributed by atoms with van der Waals surface area (Å²) < 4.78 is 11.6. The van der Waals surface area contributed by atoms with Gasteiger partial charge in [-0.15, -0.1) is 0 Å². The Morgan fingerprint density at radius 1 is 1.05 bits per heavy atom. The summed E-state index contributed by atoms with van der Waals surface area (Å²) in [5, 5.41) is 0.856. The molecule has 3 heteroatoms. The van der Waals surface area contributed by atoms with Crippen molar-refractivity contribution in [2.24, 2.45) is 0 Å². The van der Waals surface area contributed by atoms with Crippen molar-refractivity contribution in [1.29, 1.82) is 0 Å². The first-order chi connectivity index (χ1) is 10.5. The van der Waals surface area contributed by atoms with E-state index in [4.69, 9.17) is 9.47 Å². The van der Waals surface area contributed by atoms with Crippen LogP contribution in [0, 0.1) is 13.8 Å². The molecule has 2 rings (SSSR count). The monoisotopic (exact) mass is 362 g/mol. The third-order valence-corrected chi connectivity index (χ3v) is 4.36. The van der Waals surface area contributed by atoms with Crippen LogP contribution in [0.2, 0.25) is 0 Å². The maximum Gasteiger partial charge on any atom is 0.133 e. The molecule has 2 aromatic rings. The van der Waals surface area contributed by atoms with Crippen LogP contribution in [0.5, 0.6) is 17.2 Å². The summed E-state index contributed by atoms with van der Waals surface area (Å²) in [6.07, 6.45) is 0. The van der Waals surface area contributed by atoms with E-state index in [1.165, 1.54) is 5.56 Å². The van der Waals surface area contributed by atoms with E-state index >= 15 is 0 Å². The van der Waals surface area contributed by atoms with Crippen molar-refractivity contribution in [3.8, 4) is 17.2 Å². The van der Waals surface area contributed by atoms with Crippen LogP contribution >= 0.6 is 15.9 Å². The molecule has 118 valence electrons. The topological polar surface area (TPSA) is 18.5 Å². The first-order valence-electron chi connectivity index (χ1n) is 7.48. The van der Waals surface area contributed by atoms with E-state index in [-0.39, 0.29) is 0 Å². The molecular formula is C19H23BrO2. The van der Waals surface area contributed by atoms with Gasteiger partial charge in [-0.25, -0.2) is 0 Å². The van der Waals surface area contributed by atoms with E-state index in [0.717, 1.165) is 39.3 Å². The Kier molecular flexibility index (Phi) is 5.52. The highest BCUT2D eigenvalue weighted by Gasteiger charge is 2.12. The number of rotatable bonds is 5. The lowest BCUT2D eigenvalue weighted by Gasteiger charge is -2.16. The second-order valence-electron chi connectivity index (χ2n) is 5.85. The highest BCUT2D eigenvalue weighted by atomic mass is 79.9. The standard InChI is InChI=1S/C19H23BrO2/c1-12(2)17-10-16(6-7-18(17)21-5)22-19-13(3)8-15(11-20)9-14(19)4/h6-10,12H,11H2,1-5H3. The summed E-state index contributed by atoms with van der Waals surface area (Å²) in [7, 11) is 1.70. The van der Waals surface area contributed by atoms with Gasteiger partial charge >= 0.3 is 0 Å². The summed E-state index contributed by atoms with van der Waals surface area (Å²) in [6, 6.07) is 10.3. The minimum Gasteiger partial charge on any atom is -0.496 e. The van der Waals surface area contributed by atoms with Gasteiger partial charge in [0.2, 0.25) is 0 Å². The zero-order chi connectivity index (χ0) is 16.3. The Morgan fingerprint density at radius 3 is 2.18 bits per heavy atom. The van der Waals surface area contributed by atoms with E-state index in [9.17, 15) is 0 Å². The molecule has 0 fully saturated rings. The molecule has 0 saturated heterocycles. The Hall–Kier alpha value is -1.48. The van der Waals surface area contributed by atoms with E-state index in [2.05, 4.69) is 61.8 Å². The fourth-order valence-electron chi connectivity index (χ4n) is 2.62. The van der Waals surface area contributed by atoms with Crippen LogP contribution in [-0.4, -0.2) is 7.11 Å². The van der Waals surface area contributed by atoms with Gasteiger partial charge in [-0.1, -0.05) is 41.9 Å². The van der Waals surface area contributed by atoms with Gasteiger partial charge in [-0.2, -0.15) is 0 Å². The van der Waals surface area contributed by atoms with Crippen molar-refractivity contribution in [1.82, 2.24) is 0 Å². The molecule has 0 aliphatic rings. The second kappa shape index (κ2) is 7.19. The van der Waals surface area contributed by atoms with Gasteiger partial charge in [0, 0.05) is 10.9 Å². The molecule has 0 aliphatic carbocycles. The predicted octanol–water partition coefficient (Wildman–Crippen LogP) is 6.12. The van der Waals surface area contributed by atoms with Crippen molar-refractivity contribution in [3.05, 3.63) is 52.6 Å². The van der Waals surface area contributed by atoms with E-state index in [1.807, 2.05) is 12.1 Å². The lowest BCUT2D eigenvalue weighted by Crippen LogP contribution is -1.97. The van der Waals surface area contributed by atoms with Crippen molar-refractivity contribution in [2.45, 2.75) is 38.9 Å². The van der Waals surface area contributed by atoms with Crippen molar-refractivity contribution in [3.63, 3.8) is 0 Å². The molecular weight excluding hydrogens is 340 g/mol. The number of hydrogen-bond acceptors (Lipinski definition) is 2. The smallest absolute Gasteiger partial charge is 0.133 e. The lowest BCUT2D eigenvalue weighted by molar-refractivity contribution is 0.405. The Bertz CT molecular complexity index is 639.